The van der Waals surface area contributed by atoms with E-state index in [4.69, 9.17) is 17.3 Å². The number of nitrogens with two attached hydrogens (primary N) is 1. The van der Waals surface area contributed by atoms with E-state index < -0.39 is 10.8 Å². The Kier molecular flexibility index (Phi) is 4.86. The first kappa shape index (κ1) is 13.4. The Morgan fingerprint density at radius 2 is 2.24 bits per heavy atom. The second kappa shape index (κ2) is 6.17. The summed E-state index contributed by atoms with van der Waals surface area (Å²) in [7, 11) is 0. The summed E-state index contributed by atoms with van der Waals surface area (Å²) in [4.78, 5) is 20.8. The van der Waals surface area contributed by atoms with Crippen molar-refractivity contribution in [2.75, 3.05) is 6.54 Å². The maximum atomic E-state index is 10.7. The Bertz CT molecular complexity index is 437. The van der Waals surface area contributed by atoms with Crippen molar-refractivity contribution < 1.29 is 9.72 Å². The van der Waals surface area contributed by atoms with Gasteiger partial charge in [0.15, 0.2) is 0 Å². The second-order valence-corrected chi connectivity index (χ2v) is 3.86. The summed E-state index contributed by atoms with van der Waals surface area (Å²) in [6, 6.07) is 4.34. The fourth-order valence-electron chi connectivity index (χ4n) is 1.31. The molecule has 0 unspecified atom stereocenters. The number of hydrogen-bond donors (Lipinski definition) is 2. The maximum absolute atomic E-state index is 10.7. The topological polar surface area (TPSA) is 98.3 Å². The van der Waals surface area contributed by atoms with Crippen LogP contribution in [0.5, 0.6) is 0 Å². The molecule has 1 amide bonds. The molecule has 0 spiro atoms. The highest BCUT2D eigenvalue weighted by Gasteiger charge is 2.13. The van der Waals surface area contributed by atoms with E-state index in [-0.39, 0.29) is 18.7 Å². The number of nitro groups is 1. The lowest BCUT2D eigenvalue weighted by molar-refractivity contribution is -0.385. The van der Waals surface area contributed by atoms with E-state index in [1.807, 2.05) is 0 Å². The number of carbonyl (C=O) groups excluding carboxylic acids is 1. The number of amides is 1. The molecular weight excluding hydrogens is 246 g/mol. The van der Waals surface area contributed by atoms with Crippen molar-refractivity contribution in [2.24, 2.45) is 5.73 Å². The molecule has 0 aliphatic carbocycles. The van der Waals surface area contributed by atoms with Crippen molar-refractivity contribution in [3.05, 3.63) is 38.9 Å². The van der Waals surface area contributed by atoms with Crippen LogP contribution in [-0.4, -0.2) is 17.4 Å². The van der Waals surface area contributed by atoms with E-state index in [1.165, 1.54) is 18.2 Å². The molecule has 92 valence electrons. The number of halogens is 1. The van der Waals surface area contributed by atoms with Gasteiger partial charge in [-0.05, 0) is 12.1 Å². The minimum absolute atomic E-state index is 0.000903. The minimum atomic E-state index is -0.471. The largest absolute Gasteiger partial charge is 0.370 e. The van der Waals surface area contributed by atoms with Crippen LogP contribution in [0.15, 0.2) is 18.2 Å². The number of nitro benzene ring substituents is 1. The first-order valence-corrected chi connectivity index (χ1v) is 5.30. The molecule has 0 aromatic heterocycles. The molecule has 0 saturated heterocycles. The smallest absolute Gasteiger partial charge is 0.273 e. The third-order valence-electron chi connectivity index (χ3n) is 2.10. The summed E-state index contributed by atoms with van der Waals surface area (Å²) in [5, 5.41) is 14.1. The van der Waals surface area contributed by atoms with E-state index in [9.17, 15) is 14.9 Å². The average molecular weight is 258 g/mol. The van der Waals surface area contributed by atoms with E-state index in [0.717, 1.165) is 0 Å². The lowest BCUT2D eigenvalue weighted by atomic mass is 10.2. The lowest BCUT2D eigenvalue weighted by Crippen LogP contribution is -2.21. The number of benzene rings is 1. The quantitative estimate of drug-likeness (QED) is 0.455. The fourth-order valence-corrected chi connectivity index (χ4v) is 1.50. The molecule has 0 aliphatic heterocycles. The molecule has 0 heterocycles. The average Bonchev–Trinajstić information content (AvgIpc) is 2.23. The number of hydrogen-bond acceptors (Lipinski definition) is 4. The molecule has 0 atom stereocenters. The van der Waals surface area contributed by atoms with Crippen LogP contribution in [0.4, 0.5) is 5.69 Å². The van der Waals surface area contributed by atoms with Gasteiger partial charge in [0.05, 0.1) is 4.92 Å². The Balaban J connectivity index is 2.65. The molecular formula is C10H12ClN3O3. The summed E-state index contributed by atoms with van der Waals surface area (Å²) in [6.45, 7) is 0.642. The molecule has 3 N–H and O–H groups in total. The summed E-state index contributed by atoms with van der Waals surface area (Å²) in [6.07, 6.45) is 0.189. The zero-order chi connectivity index (χ0) is 12.8. The number of primary amides is 1. The highest BCUT2D eigenvalue weighted by molar-refractivity contribution is 6.30. The monoisotopic (exact) mass is 257 g/mol. The van der Waals surface area contributed by atoms with Gasteiger partial charge in [-0.15, -0.1) is 0 Å². The molecule has 0 aliphatic rings. The van der Waals surface area contributed by atoms with Gasteiger partial charge in [0, 0.05) is 36.2 Å². The van der Waals surface area contributed by atoms with Crippen LogP contribution in [0, 0.1) is 10.1 Å². The van der Waals surface area contributed by atoms with Crippen LogP contribution in [0.25, 0.3) is 0 Å². The number of nitrogens with one attached hydrogen (secondary N) is 1. The van der Waals surface area contributed by atoms with Gasteiger partial charge >= 0.3 is 0 Å². The van der Waals surface area contributed by atoms with Crippen LogP contribution < -0.4 is 11.1 Å². The van der Waals surface area contributed by atoms with Gasteiger partial charge in [0.25, 0.3) is 5.69 Å². The molecule has 0 radical (unpaired) electrons. The van der Waals surface area contributed by atoms with Gasteiger partial charge in [-0.3, -0.25) is 14.9 Å². The molecule has 6 nitrogen and oxygen atoms in total. The molecule has 1 aromatic carbocycles. The predicted octanol–water partition coefficient (Wildman–Crippen LogP) is 1.21. The van der Waals surface area contributed by atoms with Crippen molar-refractivity contribution in [3.8, 4) is 0 Å². The molecule has 0 fully saturated rings. The van der Waals surface area contributed by atoms with Gasteiger partial charge in [0.2, 0.25) is 5.91 Å². The Hall–Kier alpha value is -1.66. The van der Waals surface area contributed by atoms with E-state index in [1.54, 1.807) is 0 Å². The zero-order valence-electron chi connectivity index (χ0n) is 8.98. The van der Waals surface area contributed by atoms with E-state index in [2.05, 4.69) is 5.32 Å². The minimum Gasteiger partial charge on any atom is -0.370 e. The summed E-state index contributed by atoms with van der Waals surface area (Å²) in [5.41, 5.74) is 5.45. The van der Waals surface area contributed by atoms with Crippen LogP contribution in [0.3, 0.4) is 0 Å². The van der Waals surface area contributed by atoms with Gasteiger partial charge in [-0.2, -0.15) is 0 Å². The van der Waals surface area contributed by atoms with Gasteiger partial charge in [0.1, 0.15) is 0 Å². The summed E-state index contributed by atoms with van der Waals surface area (Å²) < 4.78 is 0. The van der Waals surface area contributed by atoms with Gasteiger partial charge < -0.3 is 11.1 Å². The molecule has 1 rings (SSSR count). The molecule has 1 aromatic rings. The van der Waals surface area contributed by atoms with Crippen LogP contribution in [0.2, 0.25) is 5.02 Å². The molecule has 7 heteroatoms. The standard InChI is InChI=1S/C10H12ClN3O3/c11-8-1-2-9(14(16)17)7(5-8)6-13-4-3-10(12)15/h1-2,5,13H,3-4,6H2,(H2,12,15). The van der Waals surface area contributed by atoms with Crippen LogP contribution in [-0.2, 0) is 11.3 Å². The van der Waals surface area contributed by atoms with Crippen molar-refractivity contribution in [1.82, 2.24) is 5.32 Å². The number of rotatable bonds is 6. The fraction of sp³-hybridized carbons (Fsp3) is 0.300. The van der Waals surface area contributed by atoms with Crippen LogP contribution >= 0.6 is 11.6 Å². The van der Waals surface area contributed by atoms with E-state index in [0.29, 0.717) is 17.1 Å². The normalized spacial score (nSPS) is 10.2. The number of nitrogens with zero attached hydrogens (tertiary/aromatic N) is 1. The highest BCUT2D eigenvalue weighted by Crippen LogP contribution is 2.22. The van der Waals surface area contributed by atoms with Gasteiger partial charge in [-0.25, -0.2) is 0 Å². The Labute approximate surface area is 103 Å². The van der Waals surface area contributed by atoms with Crippen LogP contribution in [0.1, 0.15) is 12.0 Å². The van der Waals surface area contributed by atoms with Crippen molar-refractivity contribution in [3.63, 3.8) is 0 Å². The molecule has 0 saturated carbocycles. The molecule has 17 heavy (non-hydrogen) atoms. The lowest BCUT2D eigenvalue weighted by Gasteiger charge is -2.05. The first-order valence-electron chi connectivity index (χ1n) is 4.92. The third kappa shape index (κ3) is 4.38. The van der Waals surface area contributed by atoms with Gasteiger partial charge in [-0.1, -0.05) is 11.6 Å². The van der Waals surface area contributed by atoms with Crippen molar-refractivity contribution in [1.29, 1.82) is 0 Å². The first-order chi connectivity index (χ1) is 8.00. The Morgan fingerprint density at radius 1 is 1.53 bits per heavy atom. The zero-order valence-corrected chi connectivity index (χ0v) is 9.74. The number of carbonyl (C=O) groups is 1. The van der Waals surface area contributed by atoms with E-state index >= 15 is 0 Å². The summed E-state index contributed by atoms with van der Waals surface area (Å²) in [5.74, 6) is -0.418. The molecule has 0 bridgehead atoms. The predicted molar refractivity (Wildman–Crippen MR) is 63.6 cm³/mol. The summed E-state index contributed by atoms with van der Waals surface area (Å²) >= 11 is 5.76. The van der Waals surface area contributed by atoms with Crippen molar-refractivity contribution in [2.45, 2.75) is 13.0 Å². The maximum Gasteiger partial charge on any atom is 0.273 e. The highest BCUT2D eigenvalue weighted by atomic mass is 35.5. The third-order valence-corrected chi connectivity index (χ3v) is 2.34. The Morgan fingerprint density at radius 3 is 2.82 bits per heavy atom. The SMILES string of the molecule is NC(=O)CCNCc1cc(Cl)ccc1[N+](=O)[O-]. The second-order valence-electron chi connectivity index (χ2n) is 3.42. The van der Waals surface area contributed by atoms with Crippen molar-refractivity contribution >= 4 is 23.2 Å².